The number of rotatable bonds is 3. The third-order valence-electron chi connectivity index (χ3n) is 3.54. The van der Waals surface area contributed by atoms with Crippen molar-refractivity contribution in [1.82, 2.24) is 9.78 Å². The summed E-state index contributed by atoms with van der Waals surface area (Å²) in [5.41, 5.74) is 1.92. The Balaban J connectivity index is 2.49. The van der Waals surface area contributed by atoms with Crippen molar-refractivity contribution in [3.8, 4) is 0 Å². The standard InChI is InChI=1S/C14H24N4O/c1-5-7-11-13-14(17(4)16-11)18(10(2)3)9-6-8-12(19)15-13/h10H,5-9H2,1-4H3,(H,15,19). The molecule has 19 heavy (non-hydrogen) atoms. The van der Waals surface area contributed by atoms with Crippen LogP contribution < -0.4 is 10.2 Å². The van der Waals surface area contributed by atoms with Crippen molar-refractivity contribution in [2.24, 2.45) is 7.05 Å². The van der Waals surface area contributed by atoms with Crippen molar-refractivity contribution < 1.29 is 4.79 Å². The van der Waals surface area contributed by atoms with Crippen LogP contribution in [0.1, 0.15) is 45.7 Å². The van der Waals surface area contributed by atoms with Gasteiger partial charge in [-0.15, -0.1) is 0 Å². The van der Waals surface area contributed by atoms with E-state index < -0.39 is 0 Å². The molecule has 0 unspecified atom stereocenters. The van der Waals surface area contributed by atoms with Crippen molar-refractivity contribution in [3.63, 3.8) is 0 Å². The van der Waals surface area contributed by atoms with E-state index in [1.165, 1.54) is 0 Å². The van der Waals surface area contributed by atoms with E-state index in [9.17, 15) is 4.79 Å². The summed E-state index contributed by atoms with van der Waals surface area (Å²) in [5, 5.41) is 7.65. The van der Waals surface area contributed by atoms with Gasteiger partial charge in [-0.2, -0.15) is 5.10 Å². The third-order valence-corrected chi connectivity index (χ3v) is 3.54. The lowest BCUT2D eigenvalue weighted by atomic mass is 10.1. The van der Waals surface area contributed by atoms with Gasteiger partial charge in [-0.3, -0.25) is 9.48 Å². The molecule has 106 valence electrons. The van der Waals surface area contributed by atoms with Gasteiger partial charge in [0.15, 0.2) is 5.82 Å². The van der Waals surface area contributed by atoms with Crippen LogP contribution in [-0.4, -0.2) is 28.3 Å². The first-order valence-corrected chi connectivity index (χ1v) is 7.17. The maximum atomic E-state index is 11.9. The average molecular weight is 264 g/mol. The topological polar surface area (TPSA) is 50.2 Å². The molecule has 0 aromatic carbocycles. The molecule has 0 bridgehead atoms. The normalized spacial score (nSPS) is 16.1. The smallest absolute Gasteiger partial charge is 0.224 e. The number of nitrogens with one attached hydrogen (secondary N) is 1. The van der Waals surface area contributed by atoms with E-state index in [1.807, 2.05) is 11.7 Å². The summed E-state index contributed by atoms with van der Waals surface area (Å²) >= 11 is 0. The molecule has 2 heterocycles. The number of carbonyl (C=O) groups excluding carboxylic acids is 1. The second-order valence-corrected chi connectivity index (χ2v) is 5.46. The molecule has 2 rings (SSSR count). The molecule has 0 spiro atoms. The minimum Gasteiger partial charge on any atom is -0.353 e. The van der Waals surface area contributed by atoms with Gasteiger partial charge in [0.05, 0.1) is 5.69 Å². The van der Waals surface area contributed by atoms with Gasteiger partial charge in [0.25, 0.3) is 0 Å². The molecule has 5 heteroatoms. The Labute approximate surface area is 115 Å². The lowest BCUT2D eigenvalue weighted by Crippen LogP contribution is -2.36. The highest BCUT2D eigenvalue weighted by atomic mass is 16.1. The molecule has 1 amide bonds. The number of carbonyl (C=O) groups is 1. The highest BCUT2D eigenvalue weighted by Gasteiger charge is 2.26. The molecule has 1 aromatic rings. The Morgan fingerprint density at radius 1 is 1.42 bits per heavy atom. The number of hydrogen-bond donors (Lipinski definition) is 1. The number of aryl methyl sites for hydroxylation is 2. The number of nitrogens with zero attached hydrogens (tertiary/aromatic N) is 3. The lowest BCUT2D eigenvalue weighted by Gasteiger charge is -2.31. The van der Waals surface area contributed by atoms with E-state index in [2.05, 4.69) is 36.1 Å². The Bertz CT molecular complexity index is 464. The van der Waals surface area contributed by atoms with Crippen LogP contribution in [0.3, 0.4) is 0 Å². The molecule has 1 aromatic heterocycles. The summed E-state index contributed by atoms with van der Waals surface area (Å²) in [7, 11) is 1.96. The quantitative estimate of drug-likeness (QED) is 0.911. The number of fused-ring (bicyclic) bond motifs is 1. The molecule has 0 saturated carbocycles. The van der Waals surface area contributed by atoms with Gasteiger partial charge in [-0.1, -0.05) is 13.3 Å². The van der Waals surface area contributed by atoms with Crippen LogP contribution in [0.5, 0.6) is 0 Å². The first-order chi connectivity index (χ1) is 9.04. The Kier molecular flexibility index (Phi) is 4.12. The summed E-state index contributed by atoms with van der Waals surface area (Å²) in [4.78, 5) is 14.2. The molecule has 0 atom stereocenters. The van der Waals surface area contributed by atoms with E-state index in [1.54, 1.807) is 0 Å². The van der Waals surface area contributed by atoms with E-state index >= 15 is 0 Å². The Hall–Kier alpha value is -1.52. The number of anilines is 2. The van der Waals surface area contributed by atoms with E-state index in [4.69, 9.17) is 0 Å². The van der Waals surface area contributed by atoms with Gasteiger partial charge in [0.2, 0.25) is 5.91 Å². The SMILES string of the molecule is CCCc1nn(C)c2c1NC(=O)CCCN2C(C)C. The van der Waals surface area contributed by atoms with Crippen molar-refractivity contribution in [3.05, 3.63) is 5.69 Å². The zero-order valence-electron chi connectivity index (χ0n) is 12.4. The molecule has 0 saturated heterocycles. The Morgan fingerprint density at radius 2 is 2.16 bits per heavy atom. The van der Waals surface area contributed by atoms with E-state index in [0.29, 0.717) is 12.5 Å². The molecule has 0 radical (unpaired) electrons. The van der Waals surface area contributed by atoms with Gasteiger partial charge >= 0.3 is 0 Å². The van der Waals surface area contributed by atoms with E-state index in [-0.39, 0.29) is 5.91 Å². The number of hydrogen-bond acceptors (Lipinski definition) is 3. The predicted octanol–water partition coefficient (Wildman–Crippen LogP) is 2.32. The van der Waals surface area contributed by atoms with Gasteiger partial charge in [-0.05, 0) is 26.7 Å². The zero-order chi connectivity index (χ0) is 14.0. The highest BCUT2D eigenvalue weighted by Crippen LogP contribution is 2.33. The second-order valence-electron chi connectivity index (χ2n) is 5.46. The third kappa shape index (κ3) is 2.74. The van der Waals surface area contributed by atoms with Crippen LogP contribution in [0.2, 0.25) is 0 Å². The van der Waals surface area contributed by atoms with Crippen LogP contribution in [0.4, 0.5) is 11.5 Å². The summed E-state index contributed by atoms with van der Waals surface area (Å²) in [6.45, 7) is 7.40. The molecule has 0 fully saturated rings. The maximum absolute atomic E-state index is 11.9. The average Bonchev–Trinajstić information content (AvgIpc) is 2.58. The highest BCUT2D eigenvalue weighted by molar-refractivity contribution is 5.95. The molecular formula is C14H24N4O. The lowest BCUT2D eigenvalue weighted by molar-refractivity contribution is -0.116. The molecular weight excluding hydrogens is 240 g/mol. The fourth-order valence-corrected chi connectivity index (χ4v) is 2.66. The van der Waals surface area contributed by atoms with Gasteiger partial charge in [0.1, 0.15) is 5.69 Å². The second kappa shape index (κ2) is 5.63. The summed E-state index contributed by atoms with van der Waals surface area (Å²) < 4.78 is 1.91. The van der Waals surface area contributed by atoms with Crippen LogP contribution in [0.25, 0.3) is 0 Å². The van der Waals surface area contributed by atoms with Crippen LogP contribution in [0.15, 0.2) is 0 Å². The maximum Gasteiger partial charge on any atom is 0.224 e. The first kappa shape index (κ1) is 13.9. The molecule has 5 nitrogen and oxygen atoms in total. The molecule has 1 N–H and O–H groups in total. The largest absolute Gasteiger partial charge is 0.353 e. The van der Waals surface area contributed by atoms with Crippen molar-refractivity contribution in [2.45, 2.75) is 52.5 Å². The van der Waals surface area contributed by atoms with Crippen LogP contribution in [-0.2, 0) is 18.3 Å². The minimum atomic E-state index is 0.106. The van der Waals surface area contributed by atoms with Crippen molar-refractivity contribution in [2.75, 3.05) is 16.8 Å². The minimum absolute atomic E-state index is 0.106. The predicted molar refractivity (Wildman–Crippen MR) is 77.5 cm³/mol. The molecule has 1 aliphatic rings. The van der Waals surface area contributed by atoms with Crippen molar-refractivity contribution in [1.29, 1.82) is 0 Å². The van der Waals surface area contributed by atoms with Crippen LogP contribution in [0, 0.1) is 0 Å². The van der Waals surface area contributed by atoms with Gasteiger partial charge < -0.3 is 10.2 Å². The van der Waals surface area contributed by atoms with Crippen molar-refractivity contribution >= 4 is 17.4 Å². The number of amides is 1. The van der Waals surface area contributed by atoms with Gasteiger partial charge in [0, 0.05) is 26.1 Å². The fraction of sp³-hybridized carbons (Fsp3) is 0.714. The first-order valence-electron chi connectivity index (χ1n) is 7.17. The zero-order valence-corrected chi connectivity index (χ0v) is 12.4. The summed E-state index contributed by atoms with van der Waals surface area (Å²) in [6, 6.07) is 0.402. The number of aromatic nitrogens is 2. The summed E-state index contributed by atoms with van der Waals surface area (Å²) in [5.74, 6) is 1.15. The monoisotopic (exact) mass is 264 g/mol. The van der Waals surface area contributed by atoms with E-state index in [0.717, 1.165) is 43.0 Å². The molecule has 0 aliphatic carbocycles. The fourth-order valence-electron chi connectivity index (χ4n) is 2.66. The molecule has 1 aliphatic heterocycles. The van der Waals surface area contributed by atoms with Crippen LogP contribution >= 0.6 is 0 Å². The van der Waals surface area contributed by atoms with Gasteiger partial charge in [-0.25, -0.2) is 0 Å². The summed E-state index contributed by atoms with van der Waals surface area (Å²) in [6.07, 6.45) is 3.40. The Morgan fingerprint density at radius 3 is 2.79 bits per heavy atom.